The van der Waals surface area contributed by atoms with E-state index in [0.717, 1.165) is 5.56 Å². The molecule has 0 fully saturated rings. The van der Waals surface area contributed by atoms with Crippen LogP contribution in [0.25, 0.3) is 0 Å². The van der Waals surface area contributed by atoms with Crippen LogP contribution >= 0.6 is 0 Å². The molecule has 2 unspecified atom stereocenters. The van der Waals surface area contributed by atoms with Gasteiger partial charge in [-0.2, -0.15) is 0 Å². The zero-order chi connectivity index (χ0) is 23.7. The van der Waals surface area contributed by atoms with Crippen molar-refractivity contribution < 1.29 is 14.4 Å². The first-order valence-electron chi connectivity index (χ1n) is 10.3. The fourth-order valence-electron chi connectivity index (χ4n) is 3.30. The highest BCUT2D eigenvalue weighted by Crippen LogP contribution is 2.25. The molecule has 2 rings (SSSR count). The number of hydrogen-bond acceptors (Lipinski definition) is 5. The van der Waals surface area contributed by atoms with Crippen molar-refractivity contribution in [3.8, 4) is 0 Å². The average Bonchev–Trinajstić information content (AvgIpc) is 2.78. The normalized spacial score (nSPS) is 16.2. The van der Waals surface area contributed by atoms with Crippen LogP contribution in [0.15, 0.2) is 41.9 Å². The minimum absolute atomic E-state index is 0.0642. The quantitative estimate of drug-likeness (QED) is 0.676. The molecular formula is C23H35N5O3. The zero-order valence-electron chi connectivity index (χ0n) is 19.4. The van der Waals surface area contributed by atoms with E-state index in [1.165, 1.54) is 4.90 Å². The molecule has 170 valence electrons. The summed E-state index contributed by atoms with van der Waals surface area (Å²) >= 11 is 0. The van der Waals surface area contributed by atoms with Crippen molar-refractivity contribution in [2.45, 2.75) is 39.8 Å². The number of benzodiazepines with no additional fused rings is 1. The molecule has 3 amide bonds. The monoisotopic (exact) mass is 429 g/mol. The van der Waals surface area contributed by atoms with Crippen LogP contribution in [0.4, 0.5) is 5.69 Å². The molecule has 3 N–H and O–H groups in total. The van der Waals surface area contributed by atoms with Gasteiger partial charge in [-0.05, 0) is 31.4 Å². The van der Waals surface area contributed by atoms with Gasteiger partial charge in [-0.1, -0.05) is 32.1 Å². The second-order valence-corrected chi connectivity index (χ2v) is 8.08. The molecule has 0 aliphatic carbocycles. The number of primary amides is 1. The Morgan fingerprint density at radius 3 is 2.42 bits per heavy atom. The summed E-state index contributed by atoms with van der Waals surface area (Å²) in [6.07, 6.45) is 1.10. The lowest BCUT2D eigenvalue weighted by atomic mass is 9.93. The smallest absolute Gasteiger partial charge is 0.272 e. The second-order valence-electron chi connectivity index (χ2n) is 8.08. The van der Waals surface area contributed by atoms with Gasteiger partial charge in [0.2, 0.25) is 18.0 Å². The van der Waals surface area contributed by atoms with Crippen LogP contribution in [0.1, 0.15) is 39.2 Å². The Morgan fingerprint density at radius 2 is 1.90 bits per heavy atom. The van der Waals surface area contributed by atoms with Gasteiger partial charge in [-0.3, -0.25) is 14.4 Å². The van der Waals surface area contributed by atoms with Gasteiger partial charge in [-0.15, -0.1) is 6.58 Å². The van der Waals surface area contributed by atoms with Gasteiger partial charge in [0, 0.05) is 39.0 Å². The van der Waals surface area contributed by atoms with Crippen molar-refractivity contribution in [2.75, 3.05) is 26.0 Å². The number of benzene rings is 1. The summed E-state index contributed by atoms with van der Waals surface area (Å²) in [7, 11) is 5.32. The molecule has 1 aliphatic heterocycles. The van der Waals surface area contributed by atoms with E-state index in [-0.39, 0.29) is 18.2 Å². The molecule has 8 nitrogen and oxygen atoms in total. The number of carbonyl (C=O) groups excluding carboxylic acids is 3. The number of nitrogens with two attached hydrogens (primary N) is 1. The first kappa shape index (κ1) is 25.9. The lowest BCUT2D eigenvalue weighted by Crippen LogP contribution is -2.48. The van der Waals surface area contributed by atoms with Crippen LogP contribution in [0.5, 0.6) is 0 Å². The molecule has 1 aromatic rings. The number of rotatable bonds is 6. The minimum atomic E-state index is -1.08. The lowest BCUT2D eigenvalue weighted by molar-refractivity contribution is -0.132. The summed E-state index contributed by atoms with van der Waals surface area (Å²) in [4.78, 5) is 45.0. The summed E-state index contributed by atoms with van der Waals surface area (Å²) in [5.74, 6) is -1.09. The molecule has 8 heteroatoms. The number of aliphatic imine (C=N–C) groups is 1. The minimum Gasteiger partial charge on any atom is -0.370 e. The molecule has 2 atom stereocenters. The summed E-state index contributed by atoms with van der Waals surface area (Å²) in [5.41, 5.74) is 6.82. The number of nitrogens with one attached hydrogen (secondary N) is 1. The van der Waals surface area contributed by atoms with E-state index >= 15 is 0 Å². The Bertz CT molecular complexity index is 832. The number of likely N-dealkylation sites (N-methyl/N-ethyl adjacent to an activating group) is 1. The highest BCUT2D eigenvalue weighted by molar-refractivity contribution is 6.12. The predicted octanol–water partition coefficient (Wildman–Crippen LogP) is 2.14. The summed E-state index contributed by atoms with van der Waals surface area (Å²) in [5, 5.41) is 2.72. The summed E-state index contributed by atoms with van der Waals surface area (Å²) in [6, 6.07) is 7.45. The molecule has 0 radical (unpaired) electrons. The number of nitrogens with zero attached hydrogens (tertiary/aromatic N) is 3. The number of amidine groups is 1. The van der Waals surface area contributed by atoms with Crippen LogP contribution in [0.2, 0.25) is 0 Å². The van der Waals surface area contributed by atoms with E-state index < -0.39 is 23.9 Å². The maximum absolute atomic E-state index is 13.0. The van der Waals surface area contributed by atoms with Crippen molar-refractivity contribution >= 4 is 29.2 Å². The number of amides is 3. The number of fused-ring (bicyclic) bond motifs is 1. The van der Waals surface area contributed by atoms with Gasteiger partial charge in [0.25, 0.3) is 5.91 Å². The molecule has 1 aromatic carbocycles. The molecule has 31 heavy (non-hydrogen) atoms. The number of hydrogen-bond donors (Lipinski definition) is 2. The third-order valence-electron chi connectivity index (χ3n) is 4.60. The fourth-order valence-corrected chi connectivity index (χ4v) is 3.30. The van der Waals surface area contributed by atoms with E-state index in [4.69, 9.17) is 5.73 Å². The molecule has 1 heterocycles. The average molecular weight is 430 g/mol. The van der Waals surface area contributed by atoms with E-state index in [1.807, 2.05) is 59.1 Å². The number of allylic oxidation sites excluding steroid dienone is 1. The van der Waals surface area contributed by atoms with Gasteiger partial charge in [0.05, 0.1) is 5.69 Å². The largest absolute Gasteiger partial charge is 0.370 e. The van der Waals surface area contributed by atoms with Crippen LogP contribution in [0, 0.1) is 11.8 Å². The topological polar surface area (TPSA) is 108 Å². The lowest BCUT2D eigenvalue weighted by Gasteiger charge is -2.23. The van der Waals surface area contributed by atoms with Crippen LogP contribution in [-0.4, -0.2) is 55.8 Å². The molecule has 0 saturated carbocycles. The molecule has 1 aliphatic rings. The van der Waals surface area contributed by atoms with Gasteiger partial charge >= 0.3 is 0 Å². The Labute approximate surface area is 185 Å². The van der Waals surface area contributed by atoms with Crippen molar-refractivity contribution in [3.05, 3.63) is 42.5 Å². The Hall–Kier alpha value is -3.16. The van der Waals surface area contributed by atoms with Crippen molar-refractivity contribution in [1.82, 2.24) is 10.2 Å². The highest BCUT2D eigenvalue weighted by atomic mass is 16.2. The van der Waals surface area contributed by atoms with E-state index in [1.54, 1.807) is 18.0 Å². The molecule has 0 bridgehead atoms. The van der Waals surface area contributed by atoms with Crippen molar-refractivity contribution in [3.63, 3.8) is 0 Å². The third-order valence-corrected chi connectivity index (χ3v) is 4.60. The van der Waals surface area contributed by atoms with Crippen LogP contribution < -0.4 is 16.0 Å². The van der Waals surface area contributed by atoms with E-state index in [9.17, 15) is 14.4 Å². The molecular weight excluding hydrogens is 394 g/mol. The highest BCUT2D eigenvalue weighted by Gasteiger charge is 2.33. The Balaban J connectivity index is 0.00000151. The van der Waals surface area contributed by atoms with Crippen molar-refractivity contribution in [1.29, 1.82) is 0 Å². The summed E-state index contributed by atoms with van der Waals surface area (Å²) in [6.45, 7) is 9.18. The van der Waals surface area contributed by atoms with Gasteiger partial charge in [-0.25, -0.2) is 4.99 Å². The van der Waals surface area contributed by atoms with Gasteiger partial charge in [0.1, 0.15) is 5.84 Å². The number of carbonyl (C=O) groups is 3. The standard InChI is InChI=1S/C20H29N5O3.C3H6/c1-12(2)10-13(11-16(21)26)19(27)23-17-20(28)25(5)15-9-7-6-8-14(15)18(22-17)24(3)4;1-3-2/h6-9,12-13,17H,10-11H2,1-5H3,(H2,21,26)(H,23,27);3H,1H2,2H3. The van der Waals surface area contributed by atoms with Crippen molar-refractivity contribution in [2.24, 2.45) is 22.6 Å². The number of para-hydroxylation sites is 1. The van der Waals surface area contributed by atoms with Gasteiger partial charge < -0.3 is 20.9 Å². The molecule has 0 saturated heterocycles. The maximum Gasteiger partial charge on any atom is 0.272 e. The summed E-state index contributed by atoms with van der Waals surface area (Å²) < 4.78 is 0. The fraction of sp³-hybridized carbons (Fsp3) is 0.478. The van der Waals surface area contributed by atoms with E-state index in [2.05, 4.69) is 16.9 Å². The second kappa shape index (κ2) is 11.9. The molecule has 0 spiro atoms. The first-order chi connectivity index (χ1) is 14.5. The SMILES string of the molecule is C=CC.CC(C)CC(CC(N)=O)C(=O)NC1N=C(N(C)C)c2ccccc2N(C)C1=O. The van der Waals surface area contributed by atoms with Gasteiger partial charge in [0.15, 0.2) is 0 Å². The molecule has 0 aromatic heterocycles. The zero-order valence-corrected chi connectivity index (χ0v) is 19.4. The Kier molecular flexibility index (Phi) is 9.92. The predicted molar refractivity (Wildman–Crippen MR) is 125 cm³/mol. The Morgan fingerprint density at radius 1 is 1.32 bits per heavy atom. The maximum atomic E-state index is 13.0. The van der Waals surface area contributed by atoms with Crippen LogP contribution in [0.3, 0.4) is 0 Å². The van der Waals surface area contributed by atoms with Crippen LogP contribution in [-0.2, 0) is 14.4 Å². The third kappa shape index (κ3) is 7.24. The number of anilines is 1. The first-order valence-corrected chi connectivity index (χ1v) is 10.3. The van der Waals surface area contributed by atoms with E-state index in [0.29, 0.717) is 17.9 Å².